The van der Waals surface area contributed by atoms with Crippen LogP contribution in [0, 0.1) is 0 Å². The molecule has 4 heteroatoms. The zero-order valence-electron chi connectivity index (χ0n) is 8.57. The average Bonchev–Trinajstić information content (AvgIpc) is 2.66. The van der Waals surface area contributed by atoms with Crippen molar-refractivity contribution in [3.05, 3.63) is 30.3 Å². The van der Waals surface area contributed by atoms with Crippen LogP contribution in [-0.2, 0) is 9.53 Å². The molecular weight excluding hydrogens is 192 g/mol. The highest BCUT2D eigenvalue weighted by Crippen LogP contribution is 2.09. The van der Waals surface area contributed by atoms with Crippen LogP contribution in [0.15, 0.2) is 30.3 Å². The highest BCUT2D eigenvalue weighted by Gasteiger charge is 2.27. The third kappa shape index (κ3) is 2.55. The summed E-state index contributed by atoms with van der Waals surface area (Å²) < 4.78 is 5.37. The molecule has 2 rings (SSSR count). The number of hydrogen-bond donors (Lipinski definition) is 2. The van der Waals surface area contributed by atoms with Crippen LogP contribution >= 0.6 is 0 Å². The fraction of sp³-hybridized carbons (Fsp3) is 0.364. The van der Waals surface area contributed by atoms with E-state index in [1.807, 2.05) is 37.3 Å². The van der Waals surface area contributed by atoms with Crippen LogP contribution in [0.25, 0.3) is 0 Å². The molecule has 0 saturated carbocycles. The standard InChI is InChI=1S/C11H14N2O2/c1-8-12-7-10(15-8)11(14)13-9-5-3-2-4-6-9/h2-6,8,10,12H,7H2,1H3,(H,13,14)/t8-,10+/m0/s1. The van der Waals surface area contributed by atoms with Crippen LogP contribution in [0.1, 0.15) is 6.92 Å². The summed E-state index contributed by atoms with van der Waals surface area (Å²) >= 11 is 0. The monoisotopic (exact) mass is 206 g/mol. The predicted octanol–water partition coefficient (Wildman–Crippen LogP) is 0.959. The van der Waals surface area contributed by atoms with E-state index in [4.69, 9.17) is 4.74 Å². The number of para-hydroxylation sites is 1. The molecule has 1 aliphatic heterocycles. The molecule has 0 radical (unpaired) electrons. The zero-order valence-corrected chi connectivity index (χ0v) is 8.57. The molecule has 1 amide bonds. The Bertz CT molecular complexity index is 340. The second kappa shape index (κ2) is 4.42. The number of carbonyl (C=O) groups is 1. The van der Waals surface area contributed by atoms with E-state index in [0.717, 1.165) is 5.69 Å². The van der Waals surface area contributed by atoms with E-state index >= 15 is 0 Å². The summed E-state index contributed by atoms with van der Waals surface area (Å²) in [4.78, 5) is 11.7. The molecule has 1 heterocycles. The van der Waals surface area contributed by atoms with Crippen LogP contribution in [0.5, 0.6) is 0 Å². The molecule has 1 aromatic rings. The summed E-state index contributed by atoms with van der Waals surface area (Å²) in [5, 5.41) is 5.85. The van der Waals surface area contributed by atoms with Crippen LogP contribution in [-0.4, -0.2) is 24.8 Å². The first-order valence-electron chi connectivity index (χ1n) is 5.00. The highest BCUT2D eigenvalue weighted by molar-refractivity contribution is 5.94. The van der Waals surface area contributed by atoms with Crippen molar-refractivity contribution in [2.45, 2.75) is 19.3 Å². The fourth-order valence-corrected chi connectivity index (χ4v) is 1.51. The van der Waals surface area contributed by atoms with Gasteiger partial charge in [-0.2, -0.15) is 0 Å². The first-order valence-corrected chi connectivity index (χ1v) is 5.00. The van der Waals surface area contributed by atoms with Crippen molar-refractivity contribution in [1.29, 1.82) is 0 Å². The van der Waals surface area contributed by atoms with Gasteiger partial charge in [0.1, 0.15) is 6.23 Å². The van der Waals surface area contributed by atoms with Crippen molar-refractivity contribution >= 4 is 11.6 Å². The zero-order chi connectivity index (χ0) is 10.7. The molecule has 0 spiro atoms. The average molecular weight is 206 g/mol. The molecule has 15 heavy (non-hydrogen) atoms. The number of ether oxygens (including phenoxy) is 1. The Kier molecular flexibility index (Phi) is 2.99. The maximum absolute atomic E-state index is 11.7. The largest absolute Gasteiger partial charge is 0.349 e. The Morgan fingerprint density at radius 2 is 2.20 bits per heavy atom. The lowest BCUT2D eigenvalue weighted by molar-refractivity contribution is -0.125. The Hall–Kier alpha value is -1.39. The molecule has 0 aromatic heterocycles. The van der Waals surface area contributed by atoms with Gasteiger partial charge in [-0.15, -0.1) is 0 Å². The lowest BCUT2D eigenvalue weighted by Gasteiger charge is -2.10. The SMILES string of the molecule is C[C@H]1NC[C@H](C(=O)Nc2ccccc2)O1. The molecule has 80 valence electrons. The van der Waals surface area contributed by atoms with Crippen molar-refractivity contribution in [2.75, 3.05) is 11.9 Å². The summed E-state index contributed by atoms with van der Waals surface area (Å²) in [6.45, 7) is 2.45. The summed E-state index contributed by atoms with van der Waals surface area (Å²) in [7, 11) is 0. The van der Waals surface area contributed by atoms with Crippen molar-refractivity contribution in [3.8, 4) is 0 Å². The van der Waals surface area contributed by atoms with E-state index in [2.05, 4.69) is 10.6 Å². The predicted molar refractivity (Wildman–Crippen MR) is 57.4 cm³/mol. The molecule has 1 aromatic carbocycles. The minimum atomic E-state index is -0.389. The van der Waals surface area contributed by atoms with Gasteiger partial charge in [-0.25, -0.2) is 0 Å². The smallest absolute Gasteiger partial charge is 0.254 e. The van der Waals surface area contributed by atoms with Gasteiger partial charge in [0.15, 0.2) is 6.10 Å². The number of carbonyl (C=O) groups excluding carboxylic acids is 1. The number of benzene rings is 1. The van der Waals surface area contributed by atoms with E-state index in [1.54, 1.807) is 0 Å². The second-order valence-corrected chi connectivity index (χ2v) is 3.53. The minimum Gasteiger partial charge on any atom is -0.349 e. The van der Waals surface area contributed by atoms with Crippen LogP contribution in [0.2, 0.25) is 0 Å². The Labute approximate surface area is 88.6 Å². The van der Waals surface area contributed by atoms with E-state index < -0.39 is 0 Å². The number of amides is 1. The molecule has 1 saturated heterocycles. The lowest BCUT2D eigenvalue weighted by Crippen LogP contribution is -2.30. The quantitative estimate of drug-likeness (QED) is 0.757. The molecule has 2 N–H and O–H groups in total. The number of anilines is 1. The number of rotatable bonds is 2. The van der Waals surface area contributed by atoms with Gasteiger partial charge in [-0.1, -0.05) is 18.2 Å². The summed E-state index contributed by atoms with van der Waals surface area (Å²) in [6.07, 6.45) is -0.434. The van der Waals surface area contributed by atoms with Gasteiger partial charge in [0.25, 0.3) is 5.91 Å². The van der Waals surface area contributed by atoms with Gasteiger partial charge < -0.3 is 10.1 Å². The molecular formula is C11H14N2O2. The topological polar surface area (TPSA) is 50.4 Å². The van der Waals surface area contributed by atoms with Crippen molar-refractivity contribution < 1.29 is 9.53 Å². The molecule has 2 atom stereocenters. The molecule has 1 fully saturated rings. The Morgan fingerprint density at radius 3 is 2.80 bits per heavy atom. The number of nitrogens with one attached hydrogen (secondary N) is 2. The Morgan fingerprint density at radius 1 is 1.47 bits per heavy atom. The van der Waals surface area contributed by atoms with Crippen LogP contribution in [0.3, 0.4) is 0 Å². The highest BCUT2D eigenvalue weighted by atomic mass is 16.5. The van der Waals surface area contributed by atoms with Crippen molar-refractivity contribution in [3.63, 3.8) is 0 Å². The maximum Gasteiger partial charge on any atom is 0.254 e. The summed E-state index contributed by atoms with van der Waals surface area (Å²) in [5.74, 6) is -0.0990. The first kappa shape index (κ1) is 10.1. The summed E-state index contributed by atoms with van der Waals surface area (Å²) in [6, 6.07) is 9.37. The minimum absolute atomic E-state index is 0.0449. The summed E-state index contributed by atoms with van der Waals surface area (Å²) in [5.41, 5.74) is 0.797. The van der Waals surface area contributed by atoms with Crippen LogP contribution < -0.4 is 10.6 Å². The van der Waals surface area contributed by atoms with Gasteiger partial charge >= 0.3 is 0 Å². The van der Waals surface area contributed by atoms with Gasteiger partial charge in [-0.3, -0.25) is 10.1 Å². The van der Waals surface area contributed by atoms with Gasteiger partial charge in [0.05, 0.1) is 0 Å². The van der Waals surface area contributed by atoms with Crippen LogP contribution in [0.4, 0.5) is 5.69 Å². The van der Waals surface area contributed by atoms with Crippen molar-refractivity contribution in [2.24, 2.45) is 0 Å². The molecule has 0 aliphatic carbocycles. The first-order chi connectivity index (χ1) is 7.25. The van der Waals surface area contributed by atoms with E-state index in [-0.39, 0.29) is 18.2 Å². The van der Waals surface area contributed by atoms with Gasteiger partial charge in [-0.05, 0) is 19.1 Å². The second-order valence-electron chi connectivity index (χ2n) is 3.53. The third-order valence-electron chi connectivity index (χ3n) is 2.29. The third-order valence-corrected chi connectivity index (χ3v) is 2.29. The lowest BCUT2D eigenvalue weighted by atomic mass is 10.3. The van der Waals surface area contributed by atoms with Crippen molar-refractivity contribution in [1.82, 2.24) is 5.32 Å². The van der Waals surface area contributed by atoms with Gasteiger partial charge in [0, 0.05) is 12.2 Å². The molecule has 0 unspecified atom stereocenters. The maximum atomic E-state index is 11.7. The molecule has 0 bridgehead atoms. The van der Waals surface area contributed by atoms with E-state index in [1.165, 1.54) is 0 Å². The normalized spacial score (nSPS) is 25.1. The fourth-order valence-electron chi connectivity index (χ4n) is 1.51. The number of hydrogen-bond acceptors (Lipinski definition) is 3. The Balaban J connectivity index is 1.93. The van der Waals surface area contributed by atoms with Gasteiger partial charge in [0.2, 0.25) is 0 Å². The molecule has 4 nitrogen and oxygen atoms in total. The van der Waals surface area contributed by atoms with E-state index in [0.29, 0.717) is 6.54 Å². The molecule has 1 aliphatic rings. The van der Waals surface area contributed by atoms with E-state index in [9.17, 15) is 4.79 Å².